The van der Waals surface area contributed by atoms with Gasteiger partial charge in [-0.2, -0.15) is 0 Å². The zero-order valence-electron chi connectivity index (χ0n) is 10.3. The van der Waals surface area contributed by atoms with Crippen LogP contribution in [0.15, 0.2) is 23.4 Å². The number of aryl methyl sites for hydroxylation is 1. The lowest BCUT2D eigenvalue weighted by atomic mass is 10.1. The van der Waals surface area contributed by atoms with E-state index in [4.69, 9.17) is 11.6 Å². The number of carbonyl (C=O) groups is 1. The molecule has 0 radical (unpaired) electrons. The average molecular weight is 282 g/mol. The fraction of sp³-hybridized carbons (Fsp3) is 0.231. The Kier molecular flexibility index (Phi) is 3.68. The van der Waals surface area contributed by atoms with E-state index < -0.39 is 5.97 Å². The van der Waals surface area contributed by atoms with Gasteiger partial charge in [-0.15, -0.1) is 11.3 Å². The molecule has 0 amide bonds. The third kappa shape index (κ3) is 2.54. The van der Waals surface area contributed by atoms with Crippen molar-refractivity contribution in [1.82, 2.24) is 0 Å². The molecule has 1 aromatic heterocycles. The van der Waals surface area contributed by atoms with Crippen molar-refractivity contribution in [1.29, 1.82) is 0 Å². The van der Waals surface area contributed by atoms with Crippen LogP contribution in [0.5, 0.6) is 0 Å². The van der Waals surface area contributed by atoms with Gasteiger partial charge < -0.3 is 4.84 Å². The second-order valence-corrected chi connectivity index (χ2v) is 5.44. The monoisotopic (exact) mass is 281 g/mol. The van der Waals surface area contributed by atoms with Gasteiger partial charge in [-0.05, 0) is 43.0 Å². The summed E-state index contributed by atoms with van der Waals surface area (Å²) < 4.78 is 1.14. The van der Waals surface area contributed by atoms with Crippen molar-refractivity contribution in [2.75, 3.05) is 0 Å². The zero-order chi connectivity index (χ0) is 13.3. The standard InChI is InChI=1S/C13H12ClNO2S/c1-7-11-6-10(14)4-5-12(11)18-13(7)8(2)15-17-9(3)16/h4-6H,1-3H3. The van der Waals surface area contributed by atoms with E-state index in [1.165, 1.54) is 6.92 Å². The van der Waals surface area contributed by atoms with Crippen LogP contribution in [0.4, 0.5) is 0 Å². The van der Waals surface area contributed by atoms with E-state index in [0.29, 0.717) is 10.7 Å². The van der Waals surface area contributed by atoms with E-state index in [1.54, 1.807) is 11.3 Å². The molecule has 3 nitrogen and oxygen atoms in total. The Labute approximate surface area is 114 Å². The van der Waals surface area contributed by atoms with Crippen LogP contribution in [0.2, 0.25) is 5.02 Å². The molecule has 0 fully saturated rings. The molecule has 2 aromatic rings. The van der Waals surface area contributed by atoms with Crippen LogP contribution >= 0.6 is 22.9 Å². The first kappa shape index (κ1) is 13.1. The van der Waals surface area contributed by atoms with Crippen LogP contribution in [0.25, 0.3) is 10.1 Å². The summed E-state index contributed by atoms with van der Waals surface area (Å²) in [5, 5.41) is 5.64. The van der Waals surface area contributed by atoms with Crippen LogP contribution in [0.1, 0.15) is 24.3 Å². The molecule has 5 heteroatoms. The predicted octanol–water partition coefficient (Wildman–Crippen LogP) is 4.15. The first-order chi connectivity index (χ1) is 8.49. The molecule has 2 rings (SSSR count). The number of hydrogen-bond acceptors (Lipinski definition) is 4. The van der Waals surface area contributed by atoms with Crippen molar-refractivity contribution in [2.45, 2.75) is 20.8 Å². The lowest BCUT2D eigenvalue weighted by Gasteiger charge is -1.98. The van der Waals surface area contributed by atoms with Gasteiger partial charge >= 0.3 is 5.97 Å². The highest BCUT2D eigenvalue weighted by Gasteiger charge is 2.11. The Morgan fingerprint density at radius 1 is 1.39 bits per heavy atom. The summed E-state index contributed by atoms with van der Waals surface area (Å²) in [6.07, 6.45) is 0. The van der Waals surface area contributed by atoms with Gasteiger partial charge in [0.05, 0.1) is 10.6 Å². The number of carbonyl (C=O) groups excluding carboxylic acids is 1. The molecule has 1 aromatic carbocycles. The van der Waals surface area contributed by atoms with Crippen molar-refractivity contribution in [2.24, 2.45) is 5.16 Å². The second-order valence-electron chi connectivity index (χ2n) is 3.96. The van der Waals surface area contributed by atoms with Gasteiger partial charge in [0.25, 0.3) is 0 Å². The smallest absolute Gasteiger partial charge is 0.318 e. The van der Waals surface area contributed by atoms with Gasteiger partial charge in [-0.1, -0.05) is 16.8 Å². The average Bonchev–Trinajstić information content (AvgIpc) is 2.64. The third-order valence-corrected chi connectivity index (χ3v) is 4.15. The molecule has 0 spiro atoms. The molecule has 0 aliphatic heterocycles. The van der Waals surface area contributed by atoms with Gasteiger partial charge in [-0.3, -0.25) is 0 Å². The Morgan fingerprint density at radius 3 is 2.78 bits per heavy atom. The van der Waals surface area contributed by atoms with Gasteiger partial charge in [0.2, 0.25) is 0 Å². The molecule has 1 heterocycles. The number of benzene rings is 1. The summed E-state index contributed by atoms with van der Waals surface area (Å²) in [5.74, 6) is -0.420. The molecule has 0 saturated carbocycles. The number of thiophene rings is 1. The minimum absolute atomic E-state index is 0.420. The molecular weight excluding hydrogens is 270 g/mol. The van der Waals surface area contributed by atoms with Crippen LogP contribution in [0, 0.1) is 6.92 Å². The number of fused-ring (bicyclic) bond motifs is 1. The lowest BCUT2D eigenvalue weighted by molar-refractivity contribution is -0.140. The van der Waals surface area contributed by atoms with Crippen molar-refractivity contribution < 1.29 is 9.63 Å². The summed E-state index contributed by atoms with van der Waals surface area (Å²) in [4.78, 5) is 16.4. The number of rotatable bonds is 2. The first-order valence-electron chi connectivity index (χ1n) is 5.40. The molecular formula is C13H12ClNO2S. The van der Waals surface area contributed by atoms with Gasteiger partial charge in [0.1, 0.15) is 0 Å². The molecule has 0 aliphatic rings. The van der Waals surface area contributed by atoms with Crippen molar-refractivity contribution in [3.63, 3.8) is 0 Å². The summed E-state index contributed by atoms with van der Waals surface area (Å²) in [7, 11) is 0. The zero-order valence-corrected chi connectivity index (χ0v) is 11.9. The highest BCUT2D eigenvalue weighted by molar-refractivity contribution is 7.21. The Bertz CT molecular complexity index is 646. The van der Waals surface area contributed by atoms with Crippen molar-refractivity contribution >= 4 is 44.7 Å². The summed E-state index contributed by atoms with van der Waals surface area (Å²) in [6.45, 7) is 5.16. The van der Waals surface area contributed by atoms with Crippen LogP contribution in [0.3, 0.4) is 0 Å². The van der Waals surface area contributed by atoms with Crippen LogP contribution < -0.4 is 0 Å². The third-order valence-electron chi connectivity index (χ3n) is 2.54. The molecule has 0 bridgehead atoms. The number of nitrogens with zero attached hydrogens (tertiary/aromatic N) is 1. The molecule has 0 N–H and O–H groups in total. The van der Waals surface area contributed by atoms with E-state index >= 15 is 0 Å². The lowest BCUT2D eigenvalue weighted by Crippen LogP contribution is -1.98. The van der Waals surface area contributed by atoms with E-state index in [9.17, 15) is 4.79 Å². The molecule has 0 unspecified atom stereocenters. The maximum absolute atomic E-state index is 10.7. The highest BCUT2D eigenvalue weighted by atomic mass is 35.5. The fourth-order valence-electron chi connectivity index (χ4n) is 1.71. The predicted molar refractivity (Wildman–Crippen MR) is 75.5 cm³/mol. The SMILES string of the molecule is CC(=O)ON=C(C)c1sc2ccc(Cl)cc2c1C. The van der Waals surface area contributed by atoms with E-state index in [-0.39, 0.29) is 0 Å². The van der Waals surface area contributed by atoms with Gasteiger partial charge in [0.15, 0.2) is 0 Å². The number of hydrogen-bond donors (Lipinski definition) is 0. The molecule has 94 valence electrons. The van der Waals surface area contributed by atoms with E-state index in [1.807, 2.05) is 32.0 Å². The van der Waals surface area contributed by atoms with Gasteiger partial charge in [0, 0.05) is 16.6 Å². The van der Waals surface area contributed by atoms with Crippen LogP contribution in [-0.2, 0) is 9.63 Å². The first-order valence-corrected chi connectivity index (χ1v) is 6.59. The molecule has 0 atom stereocenters. The van der Waals surface area contributed by atoms with Crippen LogP contribution in [-0.4, -0.2) is 11.7 Å². The summed E-state index contributed by atoms with van der Waals surface area (Å²) in [5.41, 5.74) is 1.80. The molecule has 18 heavy (non-hydrogen) atoms. The molecule has 0 saturated heterocycles. The normalized spacial score (nSPS) is 11.9. The van der Waals surface area contributed by atoms with Crippen molar-refractivity contribution in [3.05, 3.63) is 33.7 Å². The Morgan fingerprint density at radius 2 is 2.11 bits per heavy atom. The highest BCUT2D eigenvalue weighted by Crippen LogP contribution is 2.33. The van der Waals surface area contributed by atoms with Crippen molar-refractivity contribution in [3.8, 4) is 0 Å². The number of oxime groups is 1. The van der Waals surface area contributed by atoms with Gasteiger partial charge in [-0.25, -0.2) is 4.79 Å². The minimum Gasteiger partial charge on any atom is -0.318 e. The van der Waals surface area contributed by atoms with E-state index in [2.05, 4.69) is 9.99 Å². The summed E-state index contributed by atoms with van der Waals surface area (Å²) >= 11 is 7.60. The Hall–Kier alpha value is -1.39. The maximum atomic E-state index is 10.7. The minimum atomic E-state index is -0.420. The van der Waals surface area contributed by atoms with E-state index in [0.717, 1.165) is 20.5 Å². The number of halogens is 1. The largest absolute Gasteiger partial charge is 0.331 e. The second kappa shape index (κ2) is 5.08. The quantitative estimate of drug-likeness (QED) is 0.471. The molecule has 0 aliphatic carbocycles. The maximum Gasteiger partial charge on any atom is 0.331 e. The fourth-order valence-corrected chi connectivity index (χ4v) is 3.01. The summed E-state index contributed by atoms with van der Waals surface area (Å²) in [6, 6.07) is 5.78. The topological polar surface area (TPSA) is 38.7 Å². The Balaban J connectivity index is 2.49.